The summed E-state index contributed by atoms with van der Waals surface area (Å²) in [5.74, 6) is 0. The summed E-state index contributed by atoms with van der Waals surface area (Å²) in [4.78, 5) is 2.57. The summed E-state index contributed by atoms with van der Waals surface area (Å²) in [6.45, 7) is 18.0. The van der Waals surface area contributed by atoms with E-state index in [1.54, 1.807) is 0 Å². The zero-order chi connectivity index (χ0) is 14.3. The molecule has 0 radical (unpaired) electrons. The van der Waals surface area contributed by atoms with Crippen LogP contribution in [0.1, 0.15) is 47.0 Å². The quantitative estimate of drug-likeness (QED) is 0.685. The van der Waals surface area contributed by atoms with Gasteiger partial charge in [-0.1, -0.05) is 12.5 Å². The minimum absolute atomic E-state index is 0.175. The number of nitrogens with zero attached hydrogens (tertiary/aromatic N) is 1. The van der Waals surface area contributed by atoms with Crippen LogP contribution in [0.4, 0.5) is 0 Å². The second-order valence-corrected chi connectivity index (χ2v) is 6.26. The zero-order valence-electron chi connectivity index (χ0n) is 13.3. The van der Waals surface area contributed by atoms with E-state index in [2.05, 4.69) is 44.5 Å². The van der Waals surface area contributed by atoms with Crippen LogP contribution >= 0.6 is 0 Å². The van der Waals surface area contributed by atoms with Gasteiger partial charge in [0.2, 0.25) is 0 Å². The summed E-state index contributed by atoms with van der Waals surface area (Å²) in [5, 5.41) is 3.74. The first-order valence-electron chi connectivity index (χ1n) is 7.69. The lowest BCUT2D eigenvalue weighted by Gasteiger charge is -2.46. The first kappa shape index (κ1) is 16.7. The molecule has 0 aromatic carbocycles. The van der Waals surface area contributed by atoms with Crippen LogP contribution < -0.4 is 5.32 Å². The molecule has 0 aliphatic carbocycles. The molecule has 1 aliphatic heterocycles. The molecule has 1 N–H and O–H groups in total. The van der Waals surface area contributed by atoms with Gasteiger partial charge in [0, 0.05) is 24.7 Å². The predicted octanol–water partition coefficient (Wildman–Crippen LogP) is 2.82. The topological polar surface area (TPSA) is 24.5 Å². The van der Waals surface area contributed by atoms with E-state index < -0.39 is 0 Å². The molecule has 19 heavy (non-hydrogen) atoms. The molecule has 1 aliphatic rings. The summed E-state index contributed by atoms with van der Waals surface area (Å²) < 4.78 is 5.48. The molecule has 1 rings (SSSR count). The van der Waals surface area contributed by atoms with Crippen molar-refractivity contribution in [3.63, 3.8) is 0 Å². The monoisotopic (exact) mass is 268 g/mol. The molecule has 1 heterocycles. The standard InChI is InChI=1S/C16H32N2O/c1-6-9-17-15(8-7-14(2)3)16(4,5)18-10-12-19-13-11-18/h15,17H,2,6-13H2,1,3-5H3. The van der Waals surface area contributed by atoms with Crippen LogP contribution in [0.5, 0.6) is 0 Å². The average molecular weight is 268 g/mol. The van der Waals surface area contributed by atoms with Gasteiger partial charge in [0.05, 0.1) is 13.2 Å². The smallest absolute Gasteiger partial charge is 0.0594 e. The van der Waals surface area contributed by atoms with Crippen molar-refractivity contribution < 1.29 is 4.74 Å². The Labute approximate surface area is 119 Å². The van der Waals surface area contributed by atoms with Crippen molar-refractivity contribution in [3.05, 3.63) is 12.2 Å². The third-order valence-electron chi connectivity index (χ3n) is 4.18. The predicted molar refractivity (Wildman–Crippen MR) is 82.6 cm³/mol. The third-order valence-corrected chi connectivity index (χ3v) is 4.18. The van der Waals surface area contributed by atoms with E-state index in [9.17, 15) is 0 Å². The molecule has 0 aromatic heterocycles. The van der Waals surface area contributed by atoms with Crippen LogP contribution in [0.15, 0.2) is 12.2 Å². The fourth-order valence-corrected chi connectivity index (χ4v) is 2.77. The number of rotatable bonds is 8. The minimum atomic E-state index is 0.175. The first-order chi connectivity index (χ1) is 8.98. The Morgan fingerprint density at radius 2 is 2.00 bits per heavy atom. The van der Waals surface area contributed by atoms with E-state index in [4.69, 9.17) is 4.74 Å². The number of morpholine rings is 1. The Kier molecular flexibility index (Phi) is 7.05. The number of hydrogen-bond donors (Lipinski definition) is 1. The van der Waals surface area contributed by atoms with Crippen molar-refractivity contribution in [3.8, 4) is 0 Å². The number of hydrogen-bond acceptors (Lipinski definition) is 3. The zero-order valence-corrected chi connectivity index (χ0v) is 13.3. The molecule has 1 fully saturated rings. The van der Waals surface area contributed by atoms with Crippen molar-refractivity contribution >= 4 is 0 Å². The SMILES string of the molecule is C=C(C)CCC(NCCC)C(C)(C)N1CCOCC1. The Morgan fingerprint density at radius 1 is 1.37 bits per heavy atom. The molecule has 0 spiro atoms. The van der Waals surface area contributed by atoms with Gasteiger partial charge >= 0.3 is 0 Å². The molecule has 0 aromatic rings. The average Bonchev–Trinajstić information content (AvgIpc) is 2.39. The van der Waals surface area contributed by atoms with E-state index >= 15 is 0 Å². The van der Waals surface area contributed by atoms with E-state index in [-0.39, 0.29) is 5.54 Å². The second-order valence-electron chi connectivity index (χ2n) is 6.26. The maximum Gasteiger partial charge on any atom is 0.0594 e. The maximum absolute atomic E-state index is 5.48. The number of ether oxygens (including phenoxy) is 1. The van der Waals surface area contributed by atoms with Crippen LogP contribution in [0, 0.1) is 0 Å². The molecule has 112 valence electrons. The maximum atomic E-state index is 5.48. The van der Waals surface area contributed by atoms with Crippen LogP contribution in [0.25, 0.3) is 0 Å². The van der Waals surface area contributed by atoms with Crippen LogP contribution in [-0.4, -0.2) is 49.3 Å². The summed E-state index contributed by atoms with van der Waals surface area (Å²) in [7, 11) is 0. The highest BCUT2D eigenvalue weighted by atomic mass is 16.5. The van der Waals surface area contributed by atoms with Crippen molar-refractivity contribution in [2.24, 2.45) is 0 Å². The van der Waals surface area contributed by atoms with Gasteiger partial charge < -0.3 is 10.1 Å². The Hall–Kier alpha value is -0.380. The Balaban J connectivity index is 2.65. The molecule has 3 heteroatoms. The first-order valence-corrected chi connectivity index (χ1v) is 7.69. The van der Waals surface area contributed by atoms with Gasteiger partial charge in [-0.05, 0) is 46.6 Å². The van der Waals surface area contributed by atoms with E-state index in [1.807, 2.05) is 0 Å². The van der Waals surface area contributed by atoms with Crippen molar-refractivity contribution in [2.45, 2.75) is 58.5 Å². The molecule has 3 nitrogen and oxygen atoms in total. The largest absolute Gasteiger partial charge is 0.379 e. The van der Waals surface area contributed by atoms with Gasteiger partial charge in [0.15, 0.2) is 0 Å². The molecule has 1 saturated heterocycles. The van der Waals surface area contributed by atoms with Crippen LogP contribution in [-0.2, 0) is 4.74 Å². The molecule has 0 saturated carbocycles. The summed E-state index contributed by atoms with van der Waals surface area (Å²) in [6, 6.07) is 0.516. The van der Waals surface area contributed by atoms with Gasteiger partial charge in [-0.3, -0.25) is 4.90 Å². The highest BCUT2D eigenvalue weighted by Crippen LogP contribution is 2.24. The van der Waals surface area contributed by atoms with Crippen LogP contribution in [0.2, 0.25) is 0 Å². The molecule has 0 amide bonds. The van der Waals surface area contributed by atoms with Gasteiger partial charge in [0.25, 0.3) is 0 Å². The third kappa shape index (κ3) is 5.25. The second kappa shape index (κ2) is 8.03. The van der Waals surface area contributed by atoms with Gasteiger partial charge in [-0.25, -0.2) is 0 Å². The van der Waals surface area contributed by atoms with Gasteiger partial charge in [-0.2, -0.15) is 0 Å². The fraction of sp³-hybridized carbons (Fsp3) is 0.875. The molecule has 1 atom stereocenters. The molecular weight excluding hydrogens is 236 g/mol. The summed E-state index contributed by atoms with van der Waals surface area (Å²) in [5.41, 5.74) is 1.45. The fourth-order valence-electron chi connectivity index (χ4n) is 2.77. The highest BCUT2D eigenvalue weighted by Gasteiger charge is 2.35. The Morgan fingerprint density at radius 3 is 2.53 bits per heavy atom. The Bertz CT molecular complexity index is 270. The van der Waals surface area contributed by atoms with Crippen molar-refractivity contribution in [1.82, 2.24) is 10.2 Å². The normalized spacial score (nSPS) is 19.4. The van der Waals surface area contributed by atoms with Gasteiger partial charge in [0.1, 0.15) is 0 Å². The summed E-state index contributed by atoms with van der Waals surface area (Å²) in [6.07, 6.45) is 3.46. The minimum Gasteiger partial charge on any atom is -0.379 e. The van der Waals surface area contributed by atoms with Gasteiger partial charge in [-0.15, -0.1) is 6.58 Å². The summed E-state index contributed by atoms with van der Waals surface area (Å²) >= 11 is 0. The molecular formula is C16H32N2O. The van der Waals surface area contributed by atoms with E-state index in [0.717, 1.165) is 39.3 Å². The molecule has 1 unspecified atom stereocenters. The van der Waals surface area contributed by atoms with E-state index in [0.29, 0.717) is 6.04 Å². The van der Waals surface area contributed by atoms with E-state index in [1.165, 1.54) is 18.4 Å². The lowest BCUT2D eigenvalue weighted by Crippen LogP contribution is -2.60. The lowest BCUT2D eigenvalue weighted by molar-refractivity contribution is -0.0242. The number of nitrogens with one attached hydrogen (secondary N) is 1. The van der Waals surface area contributed by atoms with Crippen LogP contribution in [0.3, 0.4) is 0 Å². The number of allylic oxidation sites excluding steroid dienone is 1. The highest BCUT2D eigenvalue weighted by molar-refractivity contribution is 4.98. The van der Waals surface area contributed by atoms with Crippen molar-refractivity contribution in [1.29, 1.82) is 0 Å². The molecule has 0 bridgehead atoms. The van der Waals surface area contributed by atoms with Crippen molar-refractivity contribution in [2.75, 3.05) is 32.8 Å². The lowest BCUT2D eigenvalue weighted by atomic mass is 9.87.